The minimum Gasteiger partial charge on any atom is -0.345 e. The molecule has 2 aliphatic heterocycles. The Labute approximate surface area is 186 Å². The summed E-state index contributed by atoms with van der Waals surface area (Å²) < 4.78 is 0. The number of carbonyl (C=O) groups excluding carboxylic acids is 3. The van der Waals surface area contributed by atoms with Gasteiger partial charge in [-0.05, 0) is 55.2 Å². The Morgan fingerprint density at radius 2 is 1.84 bits per heavy atom. The van der Waals surface area contributed by atoms with Gasteiger partial charge in [-0.3, -0.25) is 14.4 Å². The number of amides is 2. The molecule has 2 unspecified atom stereocenters. The van der Waals surface area contributed by atoms with E-state index in [0.717, 1.165) is 81.1 Å². The van der Waals surface area contributed by atoms with Gasteiger partial charge < -0.3 is 9.80 Å². The van der Waals surface area contributed by atoms with E-state index in [1.54, 1.807) is 0 Å². The van der Waals surface area contributed by atoms with E-state index in [4.69, 9.17) is 0 Å². The van der Waals surface area contributed by atoms with Crippen molar-refractivity contribution in [1.82, 2.24) is 9.80 Å². The minimum atomic E-state index is -0.287. The molecule has 1 saturated carbocycles. The minimum absolute atomic E-state index is 0.0238. The van der Waals surface area contributed by atoms with Crippen molar-refractivity contribution < 1.29 is 14.4 Å². The molecule has 2 atom stereocenters. The summed E-state index contributed by atoms with van der Waals surface area (Å²) in [6, 6.07) is 6.00. The topological polar surface area (TPSA) is 57.7 Å². The van der Waals surface area contributed by atoms with Crippen LogP contribution in [0.15, 0.2) is 18.2 Å². The van der Waals surface area contributed by atoms with Crippen LogP contribution in [0.1, 0.15) is 86.2 Å². The lowest BCUT2D eigenvalue weighted by Crippen LogP contribution is -2.53. The molecule has 1 saturated heterocycles. The molecule has 0 N–H and O–H groups in total. The van der Waals surface area contributed by atoms with Gasteiger partial charge in [0.25, 0.3) is 5.91 Å². The van der Waals surface area contributed by atoms with Crippen LogP contribution in [0.3, 0.4) is 0 Å². The molecule has 1 aliphatic carbocycles. The summed E-state index contributed by atoms with van der Waals surface area (Å²) in [7, 11) is 0. The highest BCUT2D eigenvalue weighted by atomic mass is 16.2. The number of nitrogens with zero attached hydrogens (tertiary/aromatic N) is 2. The highest BCUT2D eigenvalue weighted by Crippen LogP contribution is 2.35. The van der Waals surface area contributed by atoms with Crippen molar-refractivity contribution in [2.75, 3.05) is 19.6 Å². The van der Waals surface area contributed by atoms with E-state index in [-0.39, 0.29) is 35.5 Å². The first-order chi connectivity index (χ1) is 15.0. The maximum atomic E-state index is 13.7. The molecule has 1 aromatic rings. The molecule has 5 nitrogen and oxygen atoms in total. The lowest BCUT2D eigenvalue weighted by molar-refractivity contribution is -0.129. The Bertz CT molecular complexity index is 828. The number of carbonyl (C=O) groups is 3. The number of likely N-dealkylation sites (tertiary alicyclic amines) is 1. The number of benzene rings is 1. The lowest BCUT2D eigenvalue weighted by Gasteiger charge is -2.41. The summed E-state index contributed by atoms with van der Waals surface area (Å²) in [4.78, 5) is 41.9. The maximum absolute atomic E-state index is 13.7. The molecule has 0 aromatic heterocycles. The van der Waals surface area contributed by atoms with Gasteiger partial charge in [-0.15, -0.1) is 0 Å². The smallest absolute Gasteiger partial charge is 0.254 e. The number of piperidine rings is 1. The summed E-state index contributed by atoms with van der Waals surface area (Å²) in [5.41, 5.74) is 3.00. The van der Waals surface area contributed by atoms with Crippen molar-refractivity contribution in [1.29, 1.82) is 0 Å². The van der Waals surface area contributed by atoms with Gasteiger partial charge in [-0.25, -0.2) is 0 Å². The third-order valence-corrected chi connectivity index (χ3v) is 7.61. The lowest BCUT2D eigenvalue weighted by atomic mass is 9.78. The summed E-state index contributed by atoms with van der Waals surface area (Å²) >= 11 is 0. The van der Waals surface area contributed by atoms with E-state index in [0.29, 0.717) is 6.54 Å². The molecule has 0 radical (unpaired) electrons. The zero-order valence-electron chi connectivity index (χ0n) is 19.0. The second-order valence-electron chi connectivity index (χ2n) is 10.0. The van der Waals surface area contributed by atoms with Crippen molar-refractivity contribution in [2.45, 2.75) is 77.2 Å². The fraction of sp³-hybridized carbons (Fsp3) is 0.654. The predicted octanol–water partition coefficient (Wildman–Crippen LogP) is 4.19. The van der Waals surface area contributed by atoms with Crippen LogP contribution in [0.25, 0.3) is 0 Å². The van der Waals surface area contributed by atoms with Crippen molar-refractivity contribution in [3.05, 3.63) is 34.9 Å². The molecule has 2 amide bonds. The van der Waals surface area contributed by atoms with E-state index in [1.807, 2.05) is 23.6 Å². The molecule has 2 fully saturated rings. The number of Topliss-reactive ketones (excluding diaryl/α,β-unsaturated/α-hetero) is 1. The van der Waals surface area contributed by atoms with Crippen LogP contribution in [0, 0.1) is 11.8 Å². The number of hydrogen-bond acceptors (Lipinski definition) is 3. The highest BCUT2D eigenvalue weighted by Gasteiger charge is 2.40. The molecular weight excluding hydrogens is 388 g/mol. The SMILES string of the molecule is CC(C)C(=O)C(C1CCCCC1)N1CCc2ccc(C3CCCN(C=O)C3)cc2C1=O. The zero-order valence-corrected chi connectivity index (χ0v) is 19.0. The molecular formula is C26H36N2O3. The summed E-state index contributed by atoms with van der Waals surface area (Å²) in [6.07, 6.45) is 9.41. The Morgan fingerprint density at radius 1 is 1.06 bits per heavy atom. The average Bonchev–Trinajstić information content (AvgIpc) is 2.81. The Kier molecular flexibility index (Phi) is 6.78. The van der Waals surface area contributed by atoms with Crippen LogP contribution in [0.2, 0.25) is 0 Å². The molecule has 168 valence electrons. The first kappa shape index (κ1) is 22.0. The maximum Gasteiger partial charge on any atom is 0.254 e. The van der Waals surface area contributed by atoms with Crippen LogP contribution in [-0.2, 0) is 16.0 Å². The third-order valence-electron chi connectivity index (χ3n) is 7.61. The number of fused-ring (bicyclic) bond motifs is 1. The fourth-order valence-corrected chi connectivity index (χ4v) is 5.83. The van der Waals surface area contributed by atoms with Gasteiger partial charge in [0, 0.05) is 37.0 Å². The quantitative estimate of drug-likeness (QED) is 0.643. The van der Waals surface area contributed by atoms with E-state index >= 15 is 0 Å². The number of hydrogen-bond donors (Lipinski definition) is 0. The van der Waals surface area contributed by atoms with Crippen LogP contribution < -0.4 is 0 Å². The largest absolute Gasteiger partial charge is 0.345 e. The second-order valence-corrected chi connectivity index (χ2v) is 10.0. The highest BCUT2D eigenvalue weighted by molar-refractivity contribution is 6.00. The van der Waals surface area contributed by atoms with Crippen molar-refractivity contribution in [3.8, 4) is 0 Å². The van der Waals surface area contributed by atoms with Crippen molar-refractivity contribution >= 4 is 18.1 Å². The van der Waals surface area contributed by atoms with E-state index in [9.17, 15) is 14.4 Å². The molecule has 0 spiro atoms. The van der Waals surface area contributed by atoms with Crippen LogP contribution in [0.5, 0.6) is 0 Å². The third kappa shape index (κ3) is 4.56. The predicted molar refractivity (Wildman–Crippen MR) is 121 cm³/mol. The van der Waals surface area contributed by atoms with Gasteiger partial charge in [-0.1, -0.05) is 45.2 Å². The normalized spacial score (nSPS) is 23.6. The van der Waals surface area contributed by atoms with Crippen molar-refractivity contribution in [3.63, 3.8) is 0 Å². The van der Waals surface area contributed by atoms with E-state index in [2.05, 4.69) is 18.2 Å². The number of rotatable bonds is 6. The Morgan fingerprint density at radius 3 is 2.55 bits per heavy atom. The Balaban J connectivity index is 1.61. The Hall–Kier alpha value is -2.17. The monoisotopic (exact) mass is 424 g/mol. The molecule has 2 heterocycles. The van der Waals surface area contributed by atoms with Crippen molar-refractivity contribution in [2.24, 2.45) is 11.8 Å². The van der Waals surface area contributed by atoms with E-state index in [1.165, 1.54) is 6.42 Å². The first-order valence-electron chi connectivity index (χ1n) is 12.2. The van der Waals surface area contributed by atoms with Gasteiger partial charge in [-0.2, -0.15) is 0 Å². The molecule has 4 rings (SSSR count). The second kappa shape index (κ2) is 9.54. The van der Waals surface area contributed by atoms with Crippen LogP contribution >= 0.6 is 0 Å². The van der Waals surface area contributed by atoms with Gasteiger partial charge in [0.05, 0.1) is 6.04 Å². The van der Waals surface area contributed by atoms with Gasteiger partial charge in [0.1, 0.15) is 0 Å². The van der Waals surface area contributed by atoms with E-state index < -0.39 is 0 Å². The molecule has 31 heavy (non-hydrogen) atoms. The standard InChI is InChI=1S/C26H36N2O3/c1-18(2)25(30)24(20-7-4-3-5-8-20)28-14-12-19-10-11-21(15-23(19)26(28)31)22-9-6-13-27(16-22)17-29/h10-11,15,17-18,20,22,24H,3-9,12-14,16H2,1-2H3. The summed E-state index contributed by atoms with van der Waals surface area (Å²) in [6.45, 7) is 6.09. The molecule has 3 aliphatic rings. The van der Waals surface area contributed by atoms with Gasteiger partial charge in [0.2, 0.25) is 6.41 Å². The fourth-order valence-electron chi connectivity index (χ4n) is 5.83. The average molecular weight is 425 g/mol. The molecule has 0 bridgehead atoms. The summed E-state index contributed by atoms with van der Waals surface area (Å²) in [5.74, 6) is 0.740. The number of ketones is 1. The molecule has 5 heteroatoms. The van der Waals surface area contributed by atoms with Gasteiger partial charge in [0.15, 0.2) is 5.78 Å². The van der Waals surface area contributed by atoms with Gasteiger partial charge >= 0.3 is 0 Å². The molecule has 1 aromatic carbocycles. The first-order valence-corrected chi connectivity index (χ1v) is 12.2. The van der Waals surface area contributed by atoms with Crippen LogP contribution in [0.4, 0.5) is 0 Å². The summed E-state index contributed by atoms with van der Waals surface area (Å²) in [5, 5.41) is 0. The zero-order chi connectivity index (χ0) is 22.0. The van der Waals surface area contributed by atoms with Crippen LogP contribution in [-0.4, -0.2) is 53.6 Å².